The number of nitrogens with one attached hydrogen (secondary N) is 2. The van der Waals surface area contributed by atoms with Gasteiger partial charge in [0.15, 0.2) is 0 Å². The minimum Gasteiger partial charge on any atom is -0.355 e. The van der Waals surface area contributed by atoms with Crippen molar-refractivity contribution < 1.29 is 13.2 Å². The smallest absolute Gasteiger partial charge is 0.237 e. The quantitative estimate of drug-likeness (QED) is 0.744. The molecule has 2 N–H and O–H groups in total. The Morgan fingerprint density at radius 3 is 2.47 bits per heavy atom. The monoisotopic (exact) mass is 290 g/mol. The van der Waals surface area contributed by atoms with Gasteiger partial charge in [0, 0.05) is 6.54 Å². The highest BCUT2D eigenvalue weighted by Crippen LogP contribution is 2.24. The van der Waals surface area contributed by atoms with Crippen LogP contribution in [-0.2, 0) is 14.8 Å². The Morgan fingerprint density at radius 1 is 1.26 bits per heavy atom. The van der Waals surface area contributed by atoms with Gasteiger partial charge in [0.25, 0.3) is 0 Å². The summed E-state index contributed by atoms with van der Waals surface area (Å²) >= 11 is 0. The molecule has 1 aliphatic rings. The average molecular weight is 290 g/mol. The van der Waals surface area contributed by atoms with Gasteiger partial charge in [-0.05, 0) is 32.1 Å². The van der Waals surface area contributed by atoms with Crippen molar-refractivity contribution in [3.05, 3.63) is 0 Å². The molecule has 5 nitrogen and oxygen atoms in total. The summed E-state index contributed by atoms with van der Waals surface area (Å²) in [7, 11) is -3.36. The number of carbonyl (C=O) groups excluding carboxylic acids is 1. The standard InChI is InChI=1S/C13H26N2O3S/c1-3-9-14-13(16)11(2)15-19(17,18)10-12-7-5-4-6-8-12/h11-12,15H,3-10H2,1-2H3,(H,14,16). The van der Waals surface area contributed by atoms with Gasteiger partial charge < -0.3 is 5.32 Å². The maximum Gasteiger partial charge on any atom is 0.237 e. The van der Waals surface area contributed by atoms with Crippen molar-refractivity contribution in [2.24, 2.45) is 5.92 Å². The third kappa shape index (κ3) is 6.38. The first-order chi connectivity index (χ1) is 8.94. The summed E-state index contributed by atoms with van der Waals surface area (Å²) in [6.07, 6.45) is 6.25. The highest BCUT2D eigenvalue weighted by atomic mass is 32.2. The lowest BCUT2D eigenvalue weighted by Crippen LogP contribution is -2.46. The maximum atomic E-state index is 12.0. The van der Waals surface area contributed by atoms with Crippen LogP contribution >= 0.6 is 0 Å². The van der Waals surface area contributed by atoms with E-state index < -0.39 is 16.1 Å². The van der Waals surface area contributed by atoms with Gasteiger partial charge in [-0.1, -0.05) is 26.2 Å². The Morgan fingerprint density at radius 2 is 1.89 bits per heavy atom. The molecule has 1 rings (SSSR count). The molecule has 0 aliphatic heterocycles. The van der Waals surface area contributed by atoms with Crippen LogP contribution in [0.4, 0.5) is 0 Å². The molecule has 0 heterocycles. The van der Waals surface area contributed by atoms with E-state index in [1.807, 2.05) is 6.92 Å². The first kappa shape index (κ1) is 16.4. The van der Waals surface area contributed by atoms with Gasteiger partial charge in [-0.3, -0.25) is 4.79 Å². The lowest BCUT2D eigenvalue weighted by Gasteiger charge is -2.22. The Kier molecular flexibility index (Phi) is 6.79. The number of hydrogen-bond donors (Lipinski definition) is 2. The van der Waals surface area contributed by atoms with E-state index in [2.05, 4.69) is 10.0 Å². The van der Waals surface area contributed by atoms with E-state index >= 15 is 0 Å². The van der Waals surface area contributed by atoms with Crippen molar-refractivity contribution in [2.75, 3.05) is 12.3 Å². The van der Waals surface area contributed by atoms with Gasteiger partial charge in [0.1, 0.15) is 0 Å². The van der Waals surface area contributed by atoms with Crippen molar-refractivity contribution in [3.8, 4) is 0 Å². The lowest BCUT2D eigenvalue weighted by atomic mass is 9.91. The van der Waals surface area contributed by atoms with Gasteiger partial charge in [0.05, 0.1) is 11.8 Å². The largest absolute Gasteiger partial charge is 0.355 e. The summed E-state index contributed by atoms with van der Waals surface area (Å²) in [6, 6.07) is -0.694. The van der Waals surface area contributed by atoms with E-state index in [-0.39, 0.29) is 17.6 Å². The summed E-state index contributed by atoms with van der Waals surface area (Å²) in [5.74, 6) is 0.143. The molecule has 1 fully saturated rings. The van der Waals surface area contributed by atoms with Crippen LogP contribution in [0.1, 0.15) is 52.4 Å². The molecule has 0 aromatic carbocycles. The highest BCUT2D eigenvalue weighted by molar-refractivity contribution is 7.89. The van der Waals surface area contributed by atoms with Crippen LogP contribution in [0.5, 0.6) is 0 Å². The Bertz CT molecular complexity index is 375. The van der Waals surface area contributed by atoms with Crippen molar-refractivity contribution in [1.29, 1.82) is 0 Å². The van der Waals surface area contributed by atoms with Gasteiger partial charge in [0.2, 0.25) is 15.9 Å². The molecule has 0 spiro atoms. The first-order valence-corrected chi connectivity index (χ1v) is 8.87. The molecule has 19 heavy (non-hydrogen) atoms. The van der Waals surface area contributed by atoms with E-state index in [1.54, 1.807) is 6.92 Å². The predicted octanol–water partition coefficient (Wildman–Crippen LogP) is 1.40. The average Bonchev–Trinajstić information content (AvgIpc) is 2.35. The van der Waals surface area contributed by atoms with Gasteiger partial charge in [-0.15, -0.1) is 0 Å². The van der Waals surface area contributed by atoms with Crippen LogP contribution in [0, 0.1) is 5.92 Å². The molecule has 0 bridgehead atoms. The van der Waals surface area contributed by atoms with E-state index in [4.69, 9.17) is 0 Å². The zero-order chi connectivity index (χ0) is 14.3. The molecule has 1 unspecified atom stereocenters. The third-order valence-corrected chi connectivity index (χ3v) is 5.10. The van der Waals surface area contributed by atoms with Gasteiger partial charge >= 0.3 is 0 Å². The molecule has 1 amide bonds. The SMILES string of the molecule is CCCNC(=O)C(C)NS(=O)(=O)CC1CCCCC1. The molecule has 0 aromatic heterocycles. The predicted molar refractivity (Wildman–Crippen MR) is 76.3 cm³/mol. The summed E-state index contributed by atoms with van der Waals surface area (Å²) in [6.45, 7) is 4.12. The Labute approximate surface area is 116 Å². The van der Waals surface area contributed by atoms with E-state index in [1.165, 1.54) is 6.42 Å². The molecule has 112 valence electrons. The molecular formula is C13H26N2O3S. The normalized spacial score (nSPS) is 19.1. The van der Waals surface area contributed by atoms with E-state index in [9.17, 15) is 13.2 Å². The van der Waals surface area contributed by atoms with Crippen LogP contribution in [0.3, 0.4) is 0 Å². The van der Waals surface area contributed by atoms with Crippen LogP contribution in [-0.4, -0.2) is 32.7 Å². The van der Waals surface area contributed by atoms with Crippen molar-refractivity contribution in [1.82, 2.24) is 10.0 Å². The number of rotatable bonds is 7. The van der Waals surface area contributed by atoms with E-state index in [0.717, 1.165) is 32.1 Å². The fourth-order valence-corrected chi connectivity index (χ4v) is 4.13. The minimum atomic E-state index is -3.36. The second-order valence-electron chi connectivity index (χ2n) is 5.42. The molecule has 0 radical (unpaired) electrons. The van der Waals surface area contributed by atoms with Crippen molar-refractivity contribution >= 4 is 15.9 Å². The molecule has 6 heteroatoms. The molecular weight excluding hydrogens is 264 g/mol. The third-order valence-electron chi connectivity index (χ3n) is 3.48. The zero-order valence-electron chi connectivity index (χ0n) is 11.9. The Hall–Kier alpha value is -0.620. The molecule has 1 saturated carbocycles. The molecule has 0 saturated heterocycles. The van der Waals surface area contributed by atoms with Gasteiger partial charge in [-0.25, -0.2) is 13.1 Å². The van der Waals surface area contributed by atoms with Crippen molar-refractivity contribution in [3.63, 3.8) is 0 Å². The second kappa shape index (κ2) is 7.85. The summed E-state index contributed by atoms with van der Waals surface area (Å²) in [5.41, 5.74) is 0. The van der Waals surface area contributed by atoms with Crippen LogP contribution in [0.15, 0.2) is 0 Å². The number of carbonyl (C=O) groups is 1. The lowest BCUT2D eigenvalue weighted by molar-refractivity contribution is -0.122. The maximum absolute atomic E-state index is 12.0. The highest BCUT2D eigenvalue weighted by Gasteiger charge is 2.24. The number of amides is 1. The first-order valence-electron chi connectivity index (χ1n) is 7.22. The molecule has 1 aliphatic carbocycles. The topological polar surface area (TPSA) is 75.3 Å². The molecule has 0 aromatic rings. The fraction of sp³-hybridized carbons (Fsp3) is 0.923. The van der Waals surface area contributed by atoms with Crippen molar-refractivity contribution in [2.45, 2.75) is 58.4 Å². The van der Waals surface area contributed by atoms with Gasteiger partial charge in [-0.2, -0.15) is 0 Å². The zero-order valence-corrected chi connectivity index (χ0v) is 12.8. The van der Waals surface area contributed by atoms with Crippen LogP contribution in [0.25, 0.3) is 0 Å². The van der Waals surface area contributed by atoms with E-state index in [0.29, 0.717) is 6.54 Å². The summed E-state index contributed by atoms with van der Waals surface area (Å²) < 4.78 is 26.5. The number of sulfonamides is 1. The number of hydrogen-bond acceptors (Lipinski definition) is 3. The summed E-state index contributed by atoms with van der Waals surface area (Å²) in [4.78, 5) is 11.6. The summed E-state index contributed by atoms with van der Waals surface area (Å²) in [5, 5.41) is 2.69. The molecule has 1 atom stereocenters. The van der Waals surface area contributed by atoms with Crippen LogP contribution < -0.4 is 10.0 Å². The second-order valence-corrected chi connectivity index (χ2v) is 7.21. The van der Waals surface area contributed by atoms with Crippen LogP contribution in [0.2, 0.25) is 0 Å². The Balaban J connectivity index is 2.42. The minimum absolute atomic E-state index is 0.151. The fourth-order valence-electron chi connectivity index (χ4n) is 2.44.